The zero-order valence-corrected chi connectivity index (χ0v) is 17.2. The van der Waals surface area contributed by atoms with Crippen LogP contribution in [0.25, 0.3) is 0 Å². The second kappa shape index (κ2) is 7.79. The molecule has 0 amide bonds. The van der Waals surface area contributed by atoms with E-state index in [1.807, 2.05) is 0 Å². The molecule has 5 nitrogen and oxygen atoms in total. The Hall–Kier alpha value is -1.23. The Morgan fingerprint density at radius 1 is 0.923 bits per heavy atom. The summed E-state index contributed by atoms with van der Waals surface area (Å²) < 4.78 is 53.5. The summed E-state index contributed by atoms with van der Waals surface area (Å²) >= 11 is 8.17. The van der Waals surface area contributed by atoms with Gasteiger partial charge in [-0.3, -0.25) is 0 Å². The monoisotopic (exact) mass is 447 g/mol. The van der Waals surface area contributed by atoms with E-state index in [-0.39, 0.29) is 15.6 Å². The molecule has 1 unspecified atom stereocenters. The number of rotatable bonds is 7. The number of sulfone groups is 1. The lowest BCUT2D eigenvalue weighted by atomic mass is 10.3. The van der Waals surface area contributed by atoms with Gasteiger partial charge in [-0.15, -0.1) is 22.7 Å². The van der Waals surface area contributed by atoms with Gasteiger partial charge in [0.15, 0.2) is 9.84 Å². The van der Waals surface area contributed by atoms with Gasteiger partial charge in [0.1, 0.15) is 9.46 Å². The van der Waals surface area contributed by atoms with Crippen LogP contribution in [0, 0.1) is 0 Å². The molecule has 0 radical (unpaired) electrons. The lowest BCUT2D eigenvalue weighted by Crippen LogP contribution is -2.31. The molecule has 3 aromatic rings. The van der Waals surface area contributed by atoms with Crippen molar-refractivity contribution < 1.29 is 16.8 Å². The number of hydrogen-bond acceptors (Lipinski definition) is 6. The third kappa shape index (κ3) is 4.19. The molecule has 0 bridgehead atoms. The molecule has 26 heavy (non-hydrogen) atoms. The van der Waals surface area contributed by atoms with Crippen molar-refractivity contribution in [3.8, 4) is 0 Å². The molecule has 0 aliphatic rings. The molecule has 0 aliphatic carbocycles. The molecule has 1 atom stereocenters. The van der Waals surface area contributed by atoms with E-state index < -0.39 is 25.1 Å². The first-order valence-corrected chi connectivity index (χ1v) is 12.5. The van der Waals surface area contributed by atoms with Crippen LogP contribution >= 0.6 is 34.3 Å². The molecule has 0 fully saturated rings. The fourth-order valence-electron chi connectivity index (χ4n) is 2.30. The van der Waals surface area contributed by atoms with Crippen molar-refractivity contribution in [3.05, 3.63) is 69.2 Å². The number of nitrogens with one attached hydrogen (secondary N) is 1. The van der Waals surface area contributed by atoms with Crippen molar-refractivity contribution >= 4 is 54.1 Å². The summed E-state index contributed by atoms with van der Waals surface area (Å²) in [5, 5.41) is 2.80. The maximum Gasteiger partial charge on any atom is 0.250 e. The van der Waals surface area contributed by atoms with Crippen molar-refractivity contribution in [2.45, 2.75) is 14.4 Å². The molecule has 1 N–H and O–H groups in total. The van der Waals surface area contributed by atoms with Crippen LogP contribution in [0.1, 0.15) is 10.1 Å². The van der Waals surface area contributed by atoms with Crippen molar-refractivity contribution in [1.82, 2.24) is 4.72 Å². The van der Waals surface area contributed by atoms with Gasteiger partial charge in [-0.25, -0.2) is 21.6 Å². The molecule has 0 aliphatic heterocycles. The standard InChI is InChI=1S/C16H14ClNO4S4/c17-12-5-7-13(8-6-12)25(19,20)15(14-3-1-9-23-14)11-18-26(21,22)16-4-2-10-24-16/h1-10,15,18H,11H2. The van der Waals surface area contributed by atoms with Gasteiger partial charge < -0.3 is 0 Å². The third-order valence-corrected chi connectivity index (χ3v) is 9.90. The highest BCUT2D eigenvalue weighted by molar-refractivity contribution is 7.92. The highest BCUT2D eigenvalue weighted by atomic mass is 35.5. The van der Waals surface area contributed by atoms with Crippen LogP contribution in [0.2, 0.25) is 5.02 Å². The highest BCUT2D eigenvalue weighted by Gasteiger charge is 2.31. The van der Waals surface area contributed by atoms with E-state index in [0.29, 0.717) is 9.90 Å². The first-order valence-electron chi connectivity index (χ1n) is 7.37. The fraction of sp³-hybridized carbons (Fsp3) is 0.125. The van der Waals surface area contributed by atoms with Gasteiger partial charge in [0.05, 0.1) is 4.90 Å². The average Bonchev–Trinajstić information content (AvgIpc) is 3.29. The topological polar surface area (TPSA) is 80.3 Å². The SMILES string of the molecule is O=S(=O)(NCC(c1cccs1)S(=O)(=O)c1ccc(Cl)cc1)c1cccs1. The van der Waals surface area contributed by atoms with Crippen molar-refractivity contribution in [1.29, 1.82) is 0 Å². The maximum absolute atomic E-state index is 13.1. The Kier molecular flexibility index (Phi) is 5.85. The second-order valence-corrected chi connectivity index (χ2v) is 11.8. The molecule has 0 saturated carbocycles. The third-order valence-electron chi connectivity index (χ3n) is 3.60. The molecule has 2 heterocycles. The Bertz CT molecular complexity index is 1060. The van der Waals surface area contributed by atoms with E-state index in [1.165, 1.54) is 41.7 Å². The number of benzene rings is 1. The van der Waals surface area contributed by atoms with Gasteiger partial charge in [-0.1, -0.05) is 23.7 Å². The Morgan fingerprint density at radius 2 is 1.58 bits per heavy atom. The predicted molar refractivity (Wildman–Crippen MR) is 105 cm³/mol. The van der Waals surface area contributed by atoms with E-state index >= 15 is 0 Å². The number of sulfonamides is 1. The van der Waals surface area contributed by atoms with E-state index in [2.05, 4.69) is 4.72 Å². The summed E-state index contributed by atoms with van der Waals surface area (Å²) in [7, 11) is -7.57. The van der Waals surface area contributed by atoms with Gasteiger partial charge in [0.2, 0.25) is 10.0 Å². The molecule has 1 aromatic carbocycles. The summed E-state index contributed by atoms with van der Waals surface area (Å²) in [6, 6.07) is 12.4. The molecule has 3 rings (SSSR count). The van der Waals surface area contributed by atoms with E-state index in [0.717, 1.165) is 11.3 Å². The summed E-state index contributed by atoms with van der Waals surface area (Å²) in [6.07, 6.45) is 0. The molecular weight excluding hydrogens is 434 g/mol. The molecular formula is C16H14ClNO4S4. The molecule has 0 saturated heterocycles. The number of hydrogen-bond donors (Lipinski definition) is 1. The number of halogens is 1. The zero-order valence-electron chi connectivity index (χ0n) is 13.2. The Morgan fingerprint density at radius 3 is 2.15 bits per heavy atom. The first-order chi connectivity index (χ1) is 12.3. The van der Waals surface area contributed by atoms with Crippen molar-refractivity contribution in [3.63, 3.8) is 0 Å². The van der Waals surface area contributed by atoms with Gasteiger partial charge in [-0.05, 0) is 47.2 Å². The van der Waals surface area contributed by atoms with E-state index in [4.69, 9.17) is 11.6 Å². The fourth-order valence-corrected chi connectivity index (χ4v) is 7.40. The Balaban J connectivity index is 1.93. The number of thiophene rings is 2. The van der Waals surface area contributed by atoms with E-state index in [9.17, 15) is 16.8 Å². The lowest BCUT2D eigenvalue weighted by Gasteiger charge is -2.17. The normalized spacial score (nSPS) is 13.6. The van der Waals surface area contributed by atoms with Gasteiger partial charge in [0.25, 0.3) is 0 Å². The largest absolute Gasteiger partial charge is 0.250 e. The van der Waals surface area contributed by atoms with Crippen LogP contribution in [-0.2, 0) is 19.9 Å². The second-order valence-electron chi connectivity index (χ2n) is 5.29. The lowest BCUT2D eigenvalue weighted by molar-refractivity contribution is 0.571. The van der Waals surface area contributed by atoms with Crippen LogP contribution in [-0.4, -0.2) is 23.4 Å². The van der Waals surface area contributed by atoms with Crippen molar-refractivity contribution in [2.24, 2.45) is 0 Å². The average molecular weight is 448 g/mol. The predicted octanol–water partition coefficient (Wildman–Crippen LogP) is 3.96. The van der Waals surface area contributed by atoms with Gasteiger partial charge in [0, 0.05) is 16.4 Å². The first kappa shape index (κ1) is 19.5. The van der Waals surface area contributed by atoms with Crippen LogP contribution < -0.4 is 4.72 Å². The Labute approximate surface area is 165 Å². The molecule has 2 aromatic heterocycles. The zero-order chi connectivity index (χ0) is 18.8. The molecule has 10 heteroatoms. The van der Waals surface area contributed by atoms with Crippen molar-refractivity contribution in [2.75, 3.05) is 6.54 Å². The van der Waals surface area contributed by atoms with Crippen LogP contribution in [0.4, 0.5) is 0 Å². The van der Waals surface area contributed by atoms with Crippen LogP contribution in [0.3, 0.4) is 0 Å². The summed E-state index contributed by atoms with van der Waals surface area (Å²) in [4.78, 5) is 0.657. The molecule has 138 valence electrons. The minimum absolute atomic E-state index is 0.0932. The van der Waals surface area contributed by atoms with Gasteiger partial charge >= 0.3 is 0 Å². The van der Waals surface area contributed by atoms with Gasteiger partial charge in [-0.2, -0.15) is 0 Å². The van der Waals surface area contributed by atoms with E-state index in [1.54, 1.807) is 29.0 Å². The van der Waals surface area contributed by atoms with Crippen LogP contribution in [0.15, 0.2) is 68.4 Å². The smallest absolute Gasteiger partial charge is 0.223 e. The minimum Gasteiger partial charge on any atom is -0.223 e. The van der Waals surface area contributed by atoms with Crippen LogP contribution in [0.5, 0.6) is 0 Å². The summed E-state index contributed by atoms with van der Waals surface area (Å²) in [6.45, 7) is -0.258. The quantitative estimate of drug-likeness (QED) is 0.594. The summed E-state index contributed by atoms with van der Waals surface area (Å²) in [5.41, 5.74) is 0. The highest BCUT2D eigenvalue weighted by Crippen LogP contribution is 2.32. The minimum atomic E-state index is -3.80. The molecule has 0 spiro atoms. The maximum atomic E-state index is 13.1. The summed E-state index contributed by atoms with van der Waals surface area (Å²) in [5.74, 6) is 0.